The van der Waals surface area contributed by atoms with Gasteiger partial charge in [0.25, 0.3) is 0 Å². The highest BCUT2D eigenvalue weighted by atomic mass is 35.5. The lowest BCUT2D eigenvalue weighted by atomic mass is 10.0. The summed E-state index contributed by atoms with van der Waals surface area (Å²) in [5, 5.41) is 11.6. The maximum absolute atomic E-state index is 10.6. The first-order valence-corrected chi connectivity index (χ1v) is 3.20. The molecule has 0 aromatic carbocycles. The number of carboxylic acid groups (broad SMARTS) is 1. The van der Waals surface area contributed by atoms with Gasteiger partial charge in [-0.2, -0.15) is 0 Å². The molecule has 1 aliphatic rings. The van der Waals surface area contributed by atoms with Crippen LogP contribution in [0.4, 0.5) is 0 Å². The van der Waals surface area contributed by atoms with E-state index < -0.39 is 11.6 Å². The highest BCUT2D eigenvalue weighted by Gasteiger charge is 2.41. The molecule has 1 unspecified atom stereocenters. The summed E-state index contributed by atoms with van der Waals surface area (Å²) < 4.78 is 4.90. The SMILES string of the molecule is COC1(C(=O)O)CCNC1.Cl. The van der Waals surface area contributed by atoms with Crippen molar-refractivity contribution in [3.05, 3.63) is 0 Å². The topological polar surface area (TPSA) is 58.6 Å². The van der Waals surface area contributed by atoms with Crippen molar-refractivity contribution in [1.82, 2.24) is 5.32 Å². The lowest BCUT2D eigenvalue weighted by Gasteiger charge is -2.20. The van der Waals surface area contributed by atoms with E-state index in [0.29, 0.717) is 13.0 Å². The maximum atomic E-state index is 10.6. The lowest BCUT2D eigenvalue weighted by molar-refractivity contribution is -0.159. The smallest absolute Gasteiger partial charge is 0.337 e. The van der Waals surface area contributed by atoms with Crippen LogP contribution in [0.3, 0.4) is 0 Å². The summed E-state index contributed by atoms with van der Waals surface area (Å²) in [4.78, 5) is 10.6. The van der Waals surface area contributed by atoms with Gasteiger partial charge in [0.1, 0.15) is 0 Å². The second kappa shape index (κ2) is 3.90. The Kier molecular flexibility index (Phi) is 3.78. The average Bonchev–Trinajstić information content (AvgIpc) is 2.35. The largest absolute Gasteiger partial charge is 0.479 e. The molecule has 0 radical (unpaired) electrons. The van der Waals surface area contributed by atoms with Crippen molar-refractivity contribution in [1.29, 1.82) is 0 Å². The van der Waals surface area contributed by atoms with Crippen LogP contribution in [-0.2, 0) is 9.53 Å². The Labute approximate surface area is 71.3 Å². The van der Waals surface area contributed by atoms with Crippen LogP contribution in [0.15, 0.2) is 0 Å². The zero-order valence-corrected chi connectivity index (χ0v) is 7.11. The molecule has 0 saturated carbocycles. The fourth-order valence-corrected chi connectivity index (χ4v) is 1.11. The van der Waals surface area contributed by atoms with Gasteiger partial charge < -0.3 is 15.2 Å². The highest BCUT2D eigenvalue weighted by molar-refractivity contribution is 5.85. The zero-order valence-electron chi connectivity index (χ0n) is 6.29. The van der Waals surface area contributed by atoms with Crippen LogP contribution in [0.1, 0.15) is 6.42 Å². The first-order chi connectivity index (χ1) is 4.71. The predicted octanol–water partition coefficient (Wildman–Crippen LogP) is -0.129. The van der Waals surface area contributed by atoms with E-state index in [4.69, 9.17) is 9.84 Å². The van der Waals surface area contributed by atoms with Crippen molar-refractivity contribution in [2.75, 3.05) is 20.2 Å². The Morgan fingerprint density at radius 1 is 1.73 bits per heavy atom. The Hall–Kier alpha value is -0.320. The van der Waals surface area contributed by atoms with Gasteiger partial charge in [-0.15, -0.1) is 12.4 Å². The Bertz CT molecular complexity index is 145. The molecule has 5 heteroatoms. The van der Waals surface area contributed by atoms with E-state index in [9.17, 15) is 4.79 Å². The Morgan fingerprint density at radius 3 is 2.55 bits per heavy atom. The van der Waals surface area contributed by atoms with E-state index in [1.165, 1.54) is 7.11 Å². The molecule has 0 spiro atoms. The summed E-state index contributed by atoms with van der Waals surface area (Å²) in [5.74, 6) is -0.875. The van der Waals surface area contributed by atoms with Crippen LogP contribution in [0.25, 0.3) is 0 Å². The molecule has 1 aliphatic heterocycles. The fourth-order valence-electron chi connectivity index (χ4n) is 1.11. The number of carbonyl (C=O) groups is 1. The van der Waals surface area contributed by atoms with Gasteiger partial charge in [0.05, 0.1) is 0 Å². The Morgan fingerprint density at radius 2 is 2.36 bits per heavy atom. The molecule has 1 atom stereocenters. The number of hydrogen-bond donors (Lipinski definition) is 2. The minimum atomic E-state index is -0.958. The van der Waals surface area contributed by atoms with E-state index in [2.05, 4.69) is 5.32 Å². The first kappa shape index (κ1) is 10.7. The van der Waals surface area contributed by atoms with Crippen molar-refractivity contribution in [2.24, 2.45) is 0 Å². The number of ether oxygens (including phenoxy) is 1. The van der Waals surface area contributed by atoms with Gasteiger partial charge in [-0.1, -0.05) is 0 Å². The van der Waals surface area contributed by atoms with Gasteiger partial charge in [0.15, 0.2) is 5.60 Å². The fraction of sp³-hybridized carbons (Fsp3) is 0.833. The summed E-state index contributed by atoms with van der Waals surface area (Å²) >= 11 is 0. The van der Waals surface area contributed by atoms with Crippen molar-refractivity contribution >= 4 is 18.4 Å². The highest BCUT2D eigenvalue weighted by Crippen LogP contribution is 2.18. The number of nitrogens with one attached hydrogen (secondary N) is 1. The van der Waals surface area contributed by atoms with Crippen LogP contribution in [0.5, 0.6) is 0 Å². The molecule has 1 rings (SSSR count). The molecule has 66 valence electrons. The molecule has 0 bridgehead atoms. The third-order valence-corrected chi connectivity index (χ3v) is 1.90. The van der Waals surface area contributed by atoms with Crippen LogP contribution in [0.2, 0.25) is 0 Å². The number of rotatable bonds is 2. The van der Waals surface area contributed by atoms with Gasteiger partial charge in [-0.3, -0.25) is 0 Å². The molecule has 1 heterocycles. The normalized spacial score (nSPS) is 29.5. The van der Waals surface area contributed by atoms with Gasteiger partial charge in [0.2, 0.25) is 0 Å². The van der Waals surface area contributed by atoms with E-state index in [1.54, 1.807) is 0 Å². The van der Waals surface area contributed by atoms with Gasteiger partial charge >= 0.3 is 5.97 Å². The van der Waals surface area contributed by atoms with Crippen molar-refractivity contribution in [3.63, 3.8) is 0 Å². The molecule has 4 nitrogen and oxygen atoms in total. The summed E-state index contributed by atoms with van der Waals surface area (Å²) in [6.45, 7) is 1.14. The number of methoxy groups -OCH3 is 1. The molecule has 11 heavy (non-hydrogen) atoms. The minimum Gasteiger partial charge on any atom is -0.479 e. The van der Waals surface area contributed by atoms with Crippen molar-refractivity contribution < 1.29 is 14.6 Å². The number of carboxylic acids is 1. The monoisotopic (exact) mass is 181 g/mol. The van der Waals surface area contributed by atoms with Crippen molar-refractivity contribution in [3.8, 4) is 0 Å². The van der Waals surface area contributed by atoms with Gasteiger partial charge in [-0.25, -0.2) is 4.79 Å². The molecule has 0 aromatic rings. The van der Waals surface area contributed by atoms with Gasteiger partial charge in [0, 0.05) is 20.1 Å². The summed E-state index contributed by atoms with van der Waals surface area (Å²) in [7, 11) is 1.43. The second-order valence-corrected chi connectivity index (χ2v) is 2.43. The molecule has 0 amide bonds. The van der Waals surface area contributed by atoms with Gasteiger partial charge in [-0.05, 0) is 6.54 Å². The quantitative estimate of drug-likeness (QED) is 0.623. The standard InChI is InChI=1S/C6H11NO3.ClH/c1-10-6(5(8)9)2-3-7-4-6;/h7H,2-4H2,1H3,(H,8,9);1H. The van der Waals surface area contributed by atoms with E-state index in [1.807, 2.05) is 0 Å². The summed E-state index contributed by atoms with van der Waals surface area (Å²) in [5.41, 5.74) is -0.958. The minimum absolute atomic E-state index is 0. The van der Waals surface area contributed by atoms with E-state index in [0.717, 1.165) is 6.54 Å². The number of hydrogen-bond acceptors (Lipinski definition) is 3. The molecule has 2 N–H and O–H groups in total. The first-order valence-electron chi connectivity index (χ1n) is 3.20. The van der Waals surface area contributed by atoms with Crippen LogP contribution < -0.4 is 5.32 Å². The molecular formula is C6H12ClNO3. The van der Waals surface area contributed by atoms with Crippen LogP contribution in [0, 0.1) is 0 Å². The third kappa shape index (κ3) is 1.83. The molecular weight excluding hydrogens is 170 g/mol. The van der Waals surface area contributed by atoms with Crippen molar-refractivity contribution in [2.45, 2.75) is 12.0 Å². The van der Waals surface area contributed by atoms with E-state index >= 15 is 0 Å². The molecule has 0 aromatic heterocycles. The average molecular weight is 182 g/mol. The summed E-state index contributed by atoms with van der Waals surface area (Å²) in [6.07, 6.45) is 0.554. The molecule has 0 aliphatic carbocycles. The van der Waals surface area contributed by atoms with Crippen LogP contribution >= 0.6 is 12.4 Å². The Balaban J connectivity index is 0.000001000. The second-order valence-electron chi connectivity index (χ2n) is 2.43. The lowest BCUT2D eigenvalue weighted by Crippen LogP contribution is -2.42. The molecule has 1 saturated heterocycles. The molecule has 1 fully saturated rings. The number of halogens is 1. The predicted molar refractivity (Wildman–Crippen MR) is 42.1 cm³/mol. The maximum Gasteiger partial charge on any atom is 0.337 e. The third-order valence-electron chi connectivity index (χ3n) is 1.90. The van der Waals surface area contributed by atoms with E-state index in [-0.39, 0.29) is 12.4 Å². The summed E-state index contributed by atoms with van der Waals surface area (Å²) in [6, 6.07) is 0. The van der Waals surface area contributed by atoms with Crippen LogP contribution in [-0.4, -0.2) is 36.9 Å². The number of aliphatic carboxylic acids is 1. The zero-order chi connectivity index (χ0) is 7.61.